The minimum absolute atomic E-state index is 0.201. The van der Waals surface area contributed by atoms with Crippen molar-refractivity contribution in [2.45, 2.75) is 44.4 Å². The molecule has 0 saturated carbocycles. The van der Waals surface area contributed by atoms with E-state index in [0.29, 0.717) is 6.61 Å². The van der Waals surface area contributed by atoms with Crippen LogP contribution in [0, 0.1) is 5.41 Å². The van der Waals surface area contributed by atoms with Crippen LogP contribution in [0.5, 0.6) is 0 Å². The van der Waals surface area contributed by atoms with Crippen LogP contribution in [-0.2, 0) is 15.7 Å². The highest BCUT2D eigenvalue weighted by molar-refractivity contribution is 7.84. The topological polar surface area (TPSA) is 50.4 Å². The van der Waals surface area contributed by atoms with Crippen LogP contribution in [0.1, 0.15) is 33.6 Å². The maximum absolute atomic E-state index is 12.2. The molecule has 2 fully saturated rings. The van der Waals surface area contributed by atoms with Gasteiger partial charge in [0.15, 0.2) is 0 Å². The summed E-state index contributed by atoms with van der Waals surface area (Å²) in [6, 6.07) is 0.240. The average Bonchev–Trinajstić information content (AvgIpc) is 2.61. The first-order valence-electron chi connectivity index (χ1n) is 6.41. The highest BCUT2D eigenvalue weighted by Gasteiger charge is 2.45. The van der Waals surface area contributed by atoms with Gasteiger partial charge in [0.25, 0.3) is 0 Å². The number of hydrogen-bond donors (Lipinski definition) is 2. The van der Waals surface area contributed by atoms with Crippen molar-refractivity contribution in [1.29, 1.82) is 0 Å². The molecule has 0 aromatic heterocycles. The van der Waals surface area contributed by atoms with E-state index in [1.54, 1.807) is 0 Å². The molecular formula is C12H24N2O2S. The van der Waals surface area contributed by atoms with Gasteiger partial charge in [-0.05, 0) is 46.7 Å². The summed E-state index contributed by atoms with van der Waals surface area (Å²) in [5, 5.41) is 3.38. The highest BCUT2D eigenvalue weighted by Crippen LogP contribution is 2.38. The van der Waals surface area contributed by atoms with E-state index >= 15 is 0 Å². The van der Waals surface area contributed by atoms with Gasteiger partial charge in [0.05, 0.1) is 35.0 Å². The van der Waals surface area contributed by atoms with Crippen LogP contribution in [0.25, 0.3) is 0 Å². The minimum Gasteiger partial charge on any atom is -0.379 e. The van der Waals surface area contributed by atoms with Crippen LogP contribution >= 0.6 is 0 Å². The number of hydrogen-bond acceptors (Lipinski definition) is 3. The fourth-order valence-corrected chi connectivity index (χ4v) is 3.47. The van der Waals surface area contributed by atoms with Crippen molar-refractivity contribution < 1.29 is 8.95 Å². The molecule has 2 aliphatic heterocycles. The number of rotatable bonds is 2. The van der Waals surface area contributed by atoms with Gasteiger partial charge in [-0.25, -0.2) is 8.93 Å². The van der Waals surface area contributed by atoms with Crippen molar-refractivity contribution in [2.75, 3.05) is 26.3 Å². The van der Waals surface area contributed by atoms with Gasteiger partial charge in [0, 0.05) is 5.41 Å². The second-order valence-electron chi connectivity index (χ2n) is 6.18. The lowest BCUT2D eigenvalue weighted by Crippen LogP contribution is -2.52. The van der Waals surface area contributed by atoms with Gasteiger partial charge in [0.2, 0.25) is 0 Å². The van der Waals surface area contributed by atoms with Crippen molar-refractivity contribution in [3.8, 4) is 0 Å². The van der Waals surface area contributed by atoms with E-state index in [9.17, 15) is 4.21 Å². The summed E-state index contributed by atoms with van der Waals surface area (Å²) < 4.78 is 20.9. The summed E-state index contributed by atoms with van der Waals surface area (Å²) in [6.45, 7) is 9.60. The fraction of sp³-hybridized carbons (Fsp3) is 1.00. The molecule has 1 spiro atoms. The Morgan fingerprint density at radius 2 is 2.00 bits per heavy atom. The van der Waals surface area contributed by atoms with Gasteiger partial charge < -0.3 is 10.1 Å². The molecule has 2 rings (SSSR count). The molecule has 2 aliphatic rings. The van der Waals surface area contributed by atoms with E-state index in [4.69, 9.17) is 4.74 Å². The van der Waals surface area contributed by atoms with E-state index in [1.807, 2.05) is 20.8 Å². The third-order valence-electron chi connectivity index (χ3n) is 3.82. The molecule has 0 bridgehead atoms. The lowest BCUT2D eigenvalue weighted by atomic mass is 9.75. The Labute approximate surface area is 106 Å². The van der Waals surface area contributed by atoms with Crippen LogP contribution in [-0.4, -0.2) is 41.3 Å². The van der Waals surface area contributed by atoms with Gasteiger partial charge in [0.1, 0.15) is 0 Å². The molecule has 4 nitrogen and oxygen atoms in total. The lowest BCUT2D eigenvalue weighted by Gasteiger charge is -2.38. The fourth-order valence-electron chi connectivity index (χ4n) is 2.54. The Balaban J connectivity index is 2.02. The van der Waals surface area contributed by atoms with E-state index in [1.165, 1.54) is 0 Å². The van der Waals surface area contributed by atoms with Crippen LogP contribution in [0.2, 0.25) is 0 Å². The maximum Gasteiger partial charge on any atom is 0.0973 e. The molecule has 5 heteroatoms. The minimum atomic E-state index is -1.01. The third kappa shape index (κ3) is 2.89. The van der Waals surface area contributed by atoms with Crippen molar-refractivity contribution in [2.24, 2.45) is 5.41 Å². The molecule has 2 N–H and O–H groups in total. The number of ether oxygens (including phenoxy) is 1. The summed E-state index contributed by atoms with van der Waals surface area (Å²) >= 11 is 0. The summed E-state index contributed by atoms with van der Waals surface area (Å²) in [4.78, 5) is 0. The Morgan fingerprint density at radius 1 is 1.35 bits per heavy atom. The molecule has 100 valence electrons. The molecule has 17 heavy (non-hydrogen) atoms. The zero-order valence-corrected chi connectivity index (χ0v) is 11.9. The van der Waals surface area contributed by atoms with Crippen molar-refractivity contribution in [1.82, 2.24) is 10.0 Å². The molecule has 0 aromatic rings. The Kier molecular flexibility index (Phi) is 3.92. The van der Waals surface area contributed by atoms with E-state index in [-0.39, 0.29) is 16.2 Å². The summed E-state index contributed by atoms with van der Waals surface area (Å²) in [6.07, 6.45) is 2.23. The number of piperidine rings is 1. The Hall–Kier alpha value is 0.0300. The van der Waals surface area contributed by atoms with Gasteiger partial charge in [-0.15, -0.1) is 0 Å². The zero-order chi connectivity index (χ0) is 12.5. The normalized spacial score (nSPS) is 30.6. The van der Waals surface area contributed by atoms with E-state index in [0.717, 1.165) is 32.5 Å². The molecule has 0 aromatic carbocycles. The third-order valence-corrected chi connectivity index (χ3v) is 5.43. The molecule has 0 unspecified atom stereocenters. The smallest absolute Gasteiger partial charge is 0.0973 e. The molecule has 0 amide bonds. The van der Waals surface area contributed by atoms with Crippen LogP contribution in [0.15, 0.2) is 0 Å². The van der Waals surface area contributed by atoms with Crippen molar-refractivity contribution >= 4 is 11.0 Å². The van der Waals surface area contributed by atoms with Gasteiger partial charge in [-0.3, -0.25) is 0 Å². The predicted octanol–water partition coefficient (Wildman–Crippen LogP) is 0.807. The number of nitrogens with one attached hydrogen (secondary N) is 2. The van der Waals surface area contributed by atoms with Crippen molar-refractivity contribution in [3.63, 3.8) is 0 Å². The van der Waals surface area contributed by atoms with Crippen molar-refractivity contribution in [3.05, 3.63) is 0 Å². The Morgan fingerprint density at radius 3 is 2.59 bits per heavy atom. The van der Waals surface area contributed by atoms with Gasteiger partial charge >= 0.3 is 0 Å². The molecule has 2 heterocycles. The predicted molar refractivity (Wildman–Crippen MR) is 70.2 cm³/mol. The van der Waals surface area contributed by atoms with E-state index < -0.39 is 11.0 Å². The summed E-state index contributed by atoms with van der Waals surface area (Å²) in [7, 11) is -1.01. The van der Waals surface area contributed by atoms with Gasteiger partial charge in [-0.1, -0.05) is 0 Å². The second kappa shape index (κ2) is 4.96. The first-order valence-corrected chi connectivity index (χ1v) is 7.56. The molecule has 2 atom stereocenters. The largest absolute Gasteiger partial charge is 0.379 e. The van der Waals surface area contributed by atoms with Crippen LogP contribution in [0.3, 0.4) is 0 Å². The molecule has 0 radical (unpaired) electrons. The summed E-state index contributed by atoms with van der Waals surface area (Å²) in [5.74, 6) is 0. The second-order valence-corrected chi connectivity index (χ2v) is 8.18. The van der Waals surface area contributed by atoms with Crippen LogP contribution in [0.4, 0.5) is 0 Å². The molecular weight excluding hydrogens is 236 g/mol. The monoisotopic (exact) mass is 260 g/mol. The first-order chi connectivity index (χ1) is 7.94. The van der Waals surface area contributed by atoms with Crippen LogP contribution < -0.4 is 10.0 Å². The molecule has 0 aliphatic carbocycles. The lowest BCUT2D eigenvalue weighted by molar-refractivity contribution is 0.125. The quantitative estimate of drug-likeness (QED) is 0.772. The Bertz CT molecular complexity index is 295. The van der Waals surface area contributed by atoms with Gasteiger partial charge in [-0.2, -0.15) is 0 Å². The molecule has 2 saturated heterocycles. The SMILES string of the molecule is CC(C)(C)[S@](=O)N[C@@H]1COCC12CCNCC2. The maximum atomic E-state index is 12.2. The average molecular weight is 260 g/mol. The van der Waals surface area contributed by atoms with E-state index in [2.05, 4.69) is 10.0 Å². The summed E-state index contributed by atoms with van der Waals surface area (Å²) in [5.41, 5.74) is 0.201. The standard InChI is InChI=1S/C12H24N2O2S/c1-11(2,3)17(15)14-10-8-16-9-12(10)4-6-13-7-5-12/h10,13-14H,4-9H2,1-3H3/t10-,17+/m1/s1. The zero-order valence-electron chi connectivity index (χ0n) is 11.0. The first kappa shape index (κ1) is 13.5. The highest BCUT2D eigenvalue weighted by atomic mass is 32.2.